The molecule has 7 heteroatoms. The molecule has 1 aliphatic heterocycles. The van der Waals surface area contributed by atoms with E-state index in [9.17, 15) is 14.9 Å². The Morgan fingerprint density at radius 2 is 2.12 bits per heavy atom. The predicted molar refractivity (Wildman–Crippen MR) is 86.6 cm³/mol. The van der Waals surface area contributed by atoms with Crippen LogP contribution in [-0.2, 0) is 0 Å². The van der Waals surface area contributed by atoms with Crippen LogP contribution in [0, 0.1) is 11.3 Å². The molecule has 0 radical (unpaired) electrons. The third-order valence-corrected chi connectivity index (χ3v) is 4.16. The summed E-state index contributed by atoms with van der Waals surface area (Å²) in [7, 11) is 1.42. The van der Waals surface area contributed by atoms with E-state index in [2.05, 4.69) is 6.07 Å². The third-order valence-electron chi connectivity index (χ3n) is 3.83. The van der Waals surface area contributed by atoms with E-state index < -0.39 is 17.9 Å². The Morgan fingerprint density at radius 3 is 2.75 bits per heavy atom. The number of amides is 1. The highest BCUT2D eigenvalue weighted by atomic mass is 35.5. The summed E-state index contributed by atoms with van der Waals surface area (Å²) in [5.41, 5.74) is 0.910. The van der Waals surface area contributed by atoms with E-state index in [0.29, 0.717) is 17.0 Å². The molecule has 1 N–H and O–H groups in total. The molecular weight excluding hydrogens is 332 g/mol. The normalized spacial score (nSPS) is 15.8. The van der Waals surface area contributed by atoms with Crippen molar-refractivity contribution in [2.24, 2.45) is 0 Å². The molecule has 6 nitrogen and oxygen atoms in total. The van der Waals surface area contributed by atoms with Crippen LogP contribution in [0.2, 0.25) is 5.02 Å². The zero-order valence-electron chi connectivity index (χ0n) is 12.5. The molecular formula is C17H11ClN2O4. The van der Waals surface area contributed by atoms with E-state index in [1.807, 2.05) is 0 Å². The zero-order valence-corrected chi connectivity index (χ0v) is 13.2. The molecule has 2 aromatic rings. The number of carbonyl (C=O) groups is 2. The average Bonchev–Trinajstić information content (AvgIpc) is 2.89. The second kappa shape index (κ2) is 5.87. The van der Waals surface area contributed by atoms with Gasteiger partial charge in [0.05, 0.1) is 24.3 Å². The van der Waals surface area contributed by atoms with E-state index in [-0.39, 0.29) is 16.1 Å². The monoisotopic (exact) mass is 342 g/mol. The number of hydrogen-bond acceptors (Lipinski definition) is 4. The molecule has 0 aromatic heterocycles. The Bertz CT molecular complexity index is 904. The van der Waals surface area contributed by atoms with E-state index >= 15 is 0 Å². The number of rotatable bonds is 3. The molecule has 120 valence electrons. The fraction of sp³-hybridized carbons (Fsp3) is 0.118. The molecule has 0 saturated heterocycles. The lowest BCUT2D eigenvalue weighted by Crippen LogP contribution is -2.27. The van der Waals surface area contributed by atoms with Crippen LogP contribution in [0.5, 0.6) is 5.75 Å². The summed E-state index contributed by atoms with van der Waals surface area (Å²) < 4.78 is 5.21. The summed E-state index contributed by atoms with van der Waals surface area (Å²) in [4.78, 5) is 25.3. The first kappa shape index (κ1) is 15.8. The molecule has 0 saturated carbocycles. The number of carboxylic acid groups (broad SMARTS) is 1. The topological polar surface area (TPSA) is 90.6 Å². The number of benzene rings is 2. The molecule has 1 aliphatic rings. The fourth-order valence-corrected chi connectivity index (χ4v) is 3.04. The number of methoxy groups -OCH3 is 1. The van der Waals surface area contributed by atoms with Gasteiger partial charge < -0.3 is 9.84 Å². The van der Waals surface area contributed by atoms with Gasteiger partial charge in [-0.05, 0) is 30.3 Å². The molecule has 1 amide bonds. The van der Waals surface area contributed by atoms with Crippen molar-refractivity contribution in [3.8, 4) is 11.8 Å². The minimum Gasteiger partial charge on any atom is -0.496 e. The smallest absolute Gasteiger partial charge is 0.335 e. The lowest BCUT2D eigenvalue weighted by molar-refractivity contribution is 0.0696. The number of anilines is 1. The number of nitriles is 1. The molecule has 1 heterocycles. The van der Waals surface area contributed by atoms with Gasteiger partial charge in [0.2, 0.25) is 0 Å². The first-order chi connectivity index (χ1) is 11.5. The quantitative estimate of drug-likeness (QED) is 0.924. The van der Waals surface area contributed by atoms with Crippen molar-refractivity contribution in [3.63, 3.8) is 0 Å². The number of aromatic carboxylic acids is 1. The molecule has 1 atom stereocenters. The predicted octanol–water partition coefficient (Wildman–Crippen LogP) is 3.27. The van der Waals surface area contributed by atoms with E-state index in [0.717, 1.165) is 0 Å². The van der Waals surface area contributed by atoms with Crippen molar-refractivity contribution >= 4 is 29.2 Å². The minimum atomic E-state index is -1.12. The summed E-state index contributed by atoms with van der Waals surface area (Å²) in [6.45, 7) is 0. The van der Waals surface area contributed by atoms with Gasteiger partial charge in [-0.25, -0.2) is 4.79 Å². The number of carbonyl (C=O) groups excluding carboxylic acids is 1. The second-order valence-corrected chi connectivity index (χ2v) is 5.51. The maximum Gasteiger partial charge on any atom is 0.335 e. The van der Waals surface area contributed by atoms with Crippen molar-refractivity contribution in [3.05, 3.63) is 58.1 Å². The molecule has 3 rings (SSSR count). The molecule has 24 heavy (non-hydrogen) atoms. The SMILES string of the molecule is COc1ccc(Cl)c2c1C(=O)N(c1cccc(C(=O)O)c1)C2C#N. The van der Waals surface area contributed by atoms with Crippen LogP contribution < -0.4 is 9.64 Å². The summed E-state index contributed by atoms with van der Waals surface area (Å²) in [6.07, 6.45) is 0. The van der Waals surface area contributed by atoms with Gasteiger partial charge in [0.25, 0.3) is 5.91 Å². The number of nitrogens with zero attached hydrogens (tertiary/aromatic N) is 2. The van der Waals surface area contributed by atoms with Crippen molar-refractivity contribution in [2.75, 3.05) is 12.0 Å². The van der Waals surface area contributed by atoms with Crippen LogP contribution in [-0.4, -0.2) is 24.1 Å². The number of carboxylic acids is 1. The van der Waals surface area contributed by atoms with E-state index in [4.69, 9.17) is 21.4 Å². The van der Waals surface area contributed by atoms with Gasteiger partial charge in [-0.2, -0.15) is 5.26 Å². The van der Waals surface area contributed by atoms with Crippen LogP contribution in [0.25, 0.3) is 0 Å². The van der Waals surface area contributed by atoms with Gasteiger partial charge in [0, 0.05) is 16.3 Å². The Hall–Kier alpha value is -3.04. The standard InChI is InChI=1S/C17H11ClN2O4/c1-24-13-6-5-11(18)14-12(8-19)20(16(21)15(13)14)10-4-2-3-9(7-10)17(22)23/h2-7,12H,1H3,(H,22,23). The lowest BCUT2D eigenvalue weighted by Gasteiger charge is -2.20. The number of ether oxygens (including phenoxy) is 1. The van der Waals surface area contributed by atoms with E-state index in [1.54, 1.807) is 18.2 Å². The van der Waals surface area contributed by atoms with Crippen LogP contribution in [0.4, 0.5) is 5.69 Å². The number of fused-ring (bicyclic) bond motifs is 1. The summed E-state index contributed by atoms with van der Waals surface area (Å²) in [5.74, 6) is -1.26. The van der Waals surface area contributed by atoms with Crippen LogP contribution in [0.15, 0.2) is 36.4 Å². The van der Waals surface area contributed by atoms with Gasteiger partial charge in [-0.15, -0.1) is 0 Å². The first-order valence-corrected chi connectivity index (χ1v) is 7.30. The van der Waals surface area contributed by atoms with Crippen molar-refractivity contribution in [2.45, 2.75) is 6.04 Å². The summed E-state index contributed by atoms with van der Waals surface area (Å²) in [6, 6.07) is 10.1. The highest BCUT2D eigenvalue weighted by Crippen LogP contribution is 2.44. The largest absolute Gasteiger partial charge is 0.496 e. The summed E-state index contributed by atoms with van der Waals surface area (Å²) >= 11 is 6.19. The Balaban J connectivity index is 2.20. The van der Waals surface area contributed by atoms with Crippen LogP contribution in [0.3, 0.4) is 0 Å². The molecule has 1 unspecified atom stereocenters. The number of hydrogen-bond donors (Lipinski definition) is 1. The molecule has 0 spiro atoms. The average molecular weight is 343 g/mol. The summed E-state index contributed by atoms with van der Waals surface area (Å²) in [5, 5.41) is 19.0. The van der Waals surface area contributed by atoms with E-state index in [1.165, 1.54) is 30.2 Å². The molecule has 0 fully saturated rings. The van der Waals surface area contributed by atoms with Gasteiger partial charge in [-0.1, -0.05) is 17.7 Å². The highest BCUT2D eigenvalue weighted by molar-refractivity contribution is 6.33. The lowest BCUT2D eigenvalue weighted by atomic mass is 10.0. The highest BCUT2D eigenvalue weighted by Gasteiger charge is 2.42. The first-order valence-electron chi connectivity index (χ1n) is 6.92. The Kier molecular flexibility index (Phi) is 3.87. The van der Waals surface area contributed by atoms with Crippen LogP contribution in [0.1, 0.15) is 32.3 Å². The van der Waals surface area contributed by atoms with Crippen molar-refractivity contribution in [1.29, 1.82) is 5.26 Å². The fourth-order valence-electron chi connectivity index (χ4n) is 2.78. The van der Waals surface area contributed by atoms with Crippen molar-refractivity contribution in [1.82, 2.24) is 0 Å². The minimum absolute atomic E-state index is 0.0195. The van der Waals surface area contributed by atoms with Gasteiger partial charge in [0.1, 0.15) is 5.75 Å². The number of halogens is 1. The molecule has 2 aromatic carbocycles. The maximum atomic E-state index is 12.9. The zero-order chi connectivity index (χ0) is 17.4. The Labute approximate surface area is 142 Å². The van der Waals surface area contributed by atoms with Crippen molar-refractivity contribution < 1.29 is 19.4 Å². The second-order valence-electron chi connectivity index (χ2n) is 5.10. The van der Waals surface area contributed by atoms with Gasteiger partial charge in [-0.3, -0.25) is 9.69 Å². The molecule has 0 bridgehead atoms. The Morgan fingerprint density at radius 1 is 1.38 bits per heavy atom. The molecule has 0 aliphatic carbocycles. The maximum absolute atomic E-state index is 12.9. The third kappa shape index (κ3) is 2.27. The van der Waals surface area contributed by atoms with Gasteiger partial charge >= 0.3 is 5.97 Å². The van der Waals surface area contributed by atoms with Gasteiger partial charge in [0.15, 0.2) is 6.04 Å². The van der Waals surface area contributed by atoms with Crippen LogP contribution >= 0.6 is 11.6 Å².